The molecule has 0 aliphatic heterocycles. The summed E-state index contributed by atoms with van der Waals surface area (Å²) in [6, 6.07) is 4.63. The van der Waals surface area contributed by atoms with Gasteiger partial charge >= 0.3 is 5.97 Å². The third-order valence-corrected chi connectivity index (χ3v) is 5.07. The number of nitriles is 1. The van der Waals surface area contributed by atoms with E-state index in [4.69, 9.17) is 10.4 Å². The molecule has 0 amide bonds. The lowest BCUT2D eigenvalue weighted by molar-refractivity contribution is 0.0687. The summed E-state index contributed by atoms with van der Waals surface area (Å²) in [5.41, 5.74) is 0.0920. The van der Waals surface area contributed by atoms with Crippen LogP contribution in [0.25, 0.3) is 0 Å². The molecule has 10 heteroatoms. The van der Waals surface area contributed by atoms with Crippen LogP contribution < -0.4 is 4.72 Å². The number of carboxylic acid groups (broad SMARTS) is 1. The maximum absolute atomic E-state index is 13.2. The summed E-state index contributed by atoms with van der Waals surface area (Å²) >= 11 is 0.636. The number of sulfonamides is 1. The van der Waals surface area contributed by atoms with Gasteiger partial charge in [0.25, 0.3) is 10.0 Å². The first-order chi connectivity index (χ1) is 9.85. The van der Waals surface area contributed by atoms with Gasteiger partial charge in [0.2, 0.25) is 0 Å². The number of anilines is 1. The standard InChI is InChI=1S/C11H6FN3O4S2/c12-8-2-1-7(3-6(8)4-13)15-21(18,19)11-9(10(16)17)14-5-20-11/h1-3,5,15H,(H,16,17). The van der Waals surface area contributed by atoms with Crippen LogP contribution in [0.3, 0.4) is 0 Å². The Morgan fingerprint density at radius 1 is 1.48 bits per heavy atom. The molecule has 108 valence electrons. The van der Waals surface area contributed by atoms with E-state index in [-0.39, 0.29) is 11.3 Å². The second kappa shape index (κ2) is 5.47. The van der Waals surface area contributed by atoms with Gasteiger partial charge in [-0.1, -0.05) is 0 Å². The van der Waals surface area contributed by atoms with Gasteiger partial charge in [-0.2, -0.15) is 5.26 Å². The van der Waals surface area contributed by atoms with Crippen molar-refractivity contribution in [3.8, 4) is 6.07 Å². The topological polar surface area (TPSA) is 120 Å². The number of nitrogens with zero attached hydrogens (tertiary/aromatic N) is 2. The maximum atomic E-state index is 13.2. The van der Waals surface area contributed by atoms with E-state index in [9.17, 15) is 17.6 Å². The molecule has 0 atom stereocenters. The number of hydrogen-bond acceptors (Lipinski definition) is 6. The highest BCUT2D eigenvalue weighted by molar-refractivity contribution is 7.94. The largest absolute Gasteiger partial charge is 0.476 e. The van der Waals surface area contributed by atoms with E-state index in [1.54, 1.807) is 6.07 Å². The lowest BCUT2D eigenvalue weighted by Gasteiger charge is -2.07. The van der Waals surface area contributed by atoms with Crippen LogP contribution in [0.2, 0.25) is 0 Å². The average molecular weight is 327 g/mol. The van der Waals surface area contributed by atoms with Crippen LogP contribution in [0.5, 0.6) is 0 Å². The highest BCUT2D eigenvalue weighted by atomic mass is 32.2. The third kappa shape index (κ3) is 2.99. The number of rotatable bonds is 4. The fourth-order valence-corrected chi connectivity index (χ4v) is 3.64. The molecular weight excluding hydrogens is 321 g/mol. The molecule has 0 bridgehead atoms. The zero-order chi connectivity index (χ0) is 15.6. The van der Waals surface area contributed by atoms with E-state index >= 15 is 0 Å². The average Bonchev–Trinajstić information content (AvgIpc) is 2.91. The number of aromatic carboxylic acids is 1. The van der Waals surface area contributed by atoms with Gasteiger partial charge in [-0.15, -0.1) is 11.3 Å². The van der Waals surface area contributed by atoms with Crippen LogP contribution in [-0.4, -0.2) is 24.5 Å². The number of nitrogens with one attached hydrogen (secondary N) is 1. The van der Waals surface area contributed by atoms with Gasteiger partial charge in [-0.05, 0) is 18.2 Å². The van der Waals surface area contributed by atoms with Crippen molar-refractivity contribution in [3.05, 3.63) is 40.8 Å². The zero-order valence-corrected chi connectivity index (χ0v) is 11.7. The summed E-state index contributed by atoms with van der Waals surface area (Å²) in [4.78, 5) is 14.3. The predicted molar refractivity (Wildman–Crippen MR) is 71.0 cm³/mol. The van der Waals surface area contributed by atoms with Gasteiger partial charge in [0.15, 0.2) is 9.90 Å². The number of halogens is 1. The number of carboxylic acids is 1. The van der Waals surface area contributed by atoms with E-state index in [2.05, 4.69) is 9.71 Å². The molecule has 0 spiro atoms. The van der Waals surface area contributed by atoms with Crippen molar-refractivity contribution in [3.63, 3.8) is 0 Å². The van der Waals surface area contributed by atoms with Crippen LogP contribution in [-0.2, 0) is 10.0 Å². The Balaban J connectivity index is 2.41. The van der Waals surface area contributed by atoms with Crippen LogP contribution in [0.4, 0.5) is 10.1 Å². The van der Waals surface area contributed by atoms with E-state index in [0.29, 0.717) is 11.3 Å². The molecular formula is C11H6FN3O4S2. The lowest BCUT2D eigenvalue weighted by Crippen LogP contribution is -2.15. The summed E-state index contributed by atoms with van der Waals surface area (Å²) in [5, 5.41) is 17.6. The van der Waals surface area contributed by atoms with Crippen molar-refractivity contribution in [2.75, 3.05) is 4.72 Å². The van der Waals surface area contributed by atoms with Crippen molar-refractivity contribution in [2.24, 2.45) is 0 Å². The smallest absolute Gasteiger partial charge is 0.356 e. The Hall–Kier alpha value is -2.51. The molecule has 1 aromatic carbocycles. The lowest BCUT2D eigenvalue weighted by atomic mass is 10.2. The van der Waals surface area contributed by atoms with Gasteiger partial charge in [0.05, 0.1) is 16.8 Å². The highest BCUT2D eigenvalue weighted by Gasteiger charge is 2.26. The fraction of sp³-hybridized carbons (Fsp3) is 0. The molecule has 0 saturated heterocycles. The fourth-order valence-electron chi connectivity index (χ4n) is 1.44. The Bertz CT molecular complexity index is 855. The number of hydrogen-bond donors (Lipinski definition) is 2. The maximum Gasteiger partial charge on any atom is 0.356 e. The second-order valence-corrected chi connectivity index (χ2v) is 6.44. The Morgan fingerprint density at radius 3 is 2.81 bits per heavy atom. The minimum Gasteiger partial charge on any atom is -0.476 e. The van der Waals surface area contributed by atoms with E-state index < -0.39 is 31.7 Å². The summed E-state index contributed by atoms with van der Waals surface area (Å²) < 4.78 is 38.9. The predicted octanol–water partition coefficient (Wildman–Crippen LogP) is 1.65. The van der Waals surface area contributed by atoms with Crippen molar-refractivity contribution in [1.29, 1.82) is 5.26 Å². The van der Waals surface area contributed by atoms with Gasteiger partial charge in [0, 0.05) is 0 Å². The molecule has 7 nitrogen and oxygen atoms in total. The first kappa shape index (κ1) is 14.9. The third-order valence-electron chi connectivity index (χ3n) is 2.32. The monoisotopic (exact) mass is 327 g/mol. The Morgan fingerprint density at radius 2 is 2.19 bits per heavy atom. The van der Waals surface area contributed by atoms with Crippen LogP contribution in [0, 0.1) is 17.1 Å². The van der Waals surface area contributed by atoms with Gasteiger partial charge in [-0.25, -0.2) is 22.6 Å². The van der Waals surface area contributed by atoms with Crippen molar-refractivity contribution < 1.29 is 22.7 Å². The summed E-state index contributed by atoms with van der Waals surface area (Å²) in [6.45, 7) is 0. The molecule has 2 rings (SSSR count). The summed E-state index contributed by atoms with van der Waals surface area (Å²) in [7, 11) is -4.19. The molecule has 1 heterocycles. The number of aromatic nitrogens is 1. The van der Waals surface area contributed by atoms with Crippen molar-refractivity contribution in [1.82, 2.24) is 4.98 Å². The second-order valence-electron chi connectivity index (χ2n) is 3.71. The molecule has 2 aromatic rings. The van der Waals surface area contributed by atoms with Crippen LogP contribution in [0.15, 0.2) is 27.9 Å². The van der Waals surface area contributed by atoms with Gasteiger partial charge < -0.3 is 5.11 Å². The molecule has 0 aliphatic rings. The molecule has 0 aliphatic carbocycles. The summed E-state index contributed by atoms with van der Waals surface area (Å²) in [6.07, 6.45) is 0. The zero-order valence-electron chi connectivity index (χ0n) is 10.1. The molecule has 21 heavy (non-hydrogen) atoms. The quantitative estimate of drug-likeness (QED) is 0.881. The minimum atomic E-state index is -4.19. The van der Waals surface area contributed by atoms with Crippen LogP contribution in [0.1, 0.15) is 16.1 Å². The number of thiazole rings is 1. The SMILES string of the molecule is N#Cc1cc(NS(=O)(=O)c2scnc2C(=O)O)ccc1F. The molecule has 0 radical (unpaired) electrons. The Kier molecular flexibility index (Phi) is 3.88. The van der Waals surface area contributed by atoms with E-state index in [1.165, 1.54) is 0 Å². The van der Waals surface area contributed by atoms with Gasteiger partial charge in [0.1, 0.15) is 11.9 Å². The first-order valence-electron chi connectivity index (χ1n) is 5.24. The van der Waals surface area contributed by atoms with E-state index in [0.717, 1.165) is 23.7 Å². The van der Waals surface area contributed by atoms with Gasteiger partial charge in [-0.3, -0.25) is 4.72 Å². The minimum absolute atomic E-state index is 0.0577. The summed E-state index contributed by atoms with van der Waals surface area (Å²) in [5.74, 6) is -2.27. The molecule has 0 fully saturated rings. The molecule has 0 unspecified atom stereocenters. The van der Waals surface area contributed by atoms with Crippen molar-refractivity contribution in [2.45, 2.75) is 4.21 Å². The molecule has 0 saturated carbocycles. The van der Waals surface area contributed by atoms with E-state index in [1.807, 2.05) is 0 Å². The van der Waals surface area contributed by atoms with Crippen LogP contribution >= 0.6 is 11.3 Å². The first-order valence-corrected chi connectivity index (χ1v) is 7.60. The normalized spacial score (nSPS) is 10.9. The highest BCUT2D eigenvalue weighted by Crippen LogP contribution is 2.24. The molecule has 2 N–H and O–H groups in total. The number of benzene rings is 1. The molecule has 1 aromatic heterocycles. The van der Waals surface area contributed by atoms with Crippen molar-refractivity contribution >= 4 is 33.0 Å². The Labute approximate surface area is 122 Å². The number of carbonyl (C=O) groups is 1.